The molecule has 0 atom stereocenters. The summed E-state index contributed by atoms with van der Waals surface area (Å²) in [5.74, 6) is 3.04. The van der Waals surface area contributed by atoms with E-state index >= 15 is 0 Å². The summed E-state index contributed by atoms with van der Waals surface area (Å²) < 4.78 is 19.7. The Kier molecular flexibility index (Phi) is 8.10. The van der Waals surface area contributed by atoms with E-state index < -0.39 is 0 Å². The van der Waals surface area contributed by atoms with Gasteiger partial charge in [-0.25, -0.2) is 4.98 Å². The van der Waals surface area contributed by atoms with Crippen LogP contribution >= 0.6 is 11.6 Å². The number of para-hydroxylation sites is 3. The summed E-state index contributed by atoms with van der Waals surface area (Å²) in [5, 5.41) is 0.593. The Balaban J connectivity index is 1.37. The monoisotopic (exact) mass is 476 g/mol. The molecule has 34 heavy (non-hydrogen) atoms. The first kappa shape index (κ1) is 23.7. The third kappa shape index (κ3) is 5.72. The second-order valence-electron chi connectivity index (χ2n) is 7.92. The summed E-state index contributed by atoms with van der Waals surface area (Å²) in [4.78, 5) is 4.79. The van der Waals surface area contributed by atoms with Gasteiger partial charge in [-0.2, -0.15) is 0 Å². The lowest BCUT2D eigenvalue weighted by Gasteiger charge is -2.13. The van der Waals surface area contributed by atoms with Gasteiger partial charge in [0.2, 0.25) is 0 Å². The molecule has 0 radical (unpaired) electrons. The molecule has 6 heteroatoms. The fourth-order valence-corrected chi connectivity index (χ4v) is 4.06. The van der Waals surface area contributed by atoms with Crippen molar-refractivity contribution in [2.45, 2.75) is 32.4 Å². The van der Waals surface area contributed by atoms with Gasteiger partial charge >= 0.3 is 0 Å². The molecule has 1 aromatic heterocycles. The van der Waals surface area contributed by atoms with Crippen LogP contribution in [0.3, 0.4) is 0 Å². The number of hydrogen-bond acceptors (Lipinski definition) is 4. The van der Waals surface area contributed by atoms with Crippen molar-refractivity contribution in [2.75, 3.05) is 13.7 Å². The van der Waals surface area contributed by atoms with Crippen LogP contribution in [-0.4, -0.2) is 23.3 Å². The molecule has 0 spiro atoms. The molecule has 0 saturated heterocycles. The Morgan fingerprint density at radius 1 is 0.941 bits per heavy atom. The molecule has 0 aliphatic rings. The number of benzene rings is 3. The summed E-state index contributed by atoms with van der Waals surface area (Å²) in [6.07, 6.45) is 4.52. The Labute approximate surface area is 205 Å². The lowest BCUT2D eigenvalue weighted by atomic mass is 10.1. The van der Waals surface area contributed by atoms with Crippen LogP contribution in [0, 0.1) is 0 Å². The SMILES string of the molecule is C=CCc1ccc(OCCCCn2c(COc3ccccc3Cl)nc3ccccc32)c(OC)c1. The number of aryl methyl sites for hydroxylation is 1. The number of fused-ring (bicyclic) bond motifs is 1. The fraction of sp³-hybridized carbons (Fsp3) is 0.250. The number of imidazole rings is 1. The number of allylic oxidation sites excluding steroid dienone is 1. The molecule has 4 rings (SSSR count). The molecule has 0 aliphatic heterocycles. The number of nitrogens with zero attached hydrogens (tertiary/aromatic N) is 2. The van der Waals surface area contributed by atoms with Crippen LogP contribution in [0.25, 0.3) is 11.0 Å². The number of hydrogen-bond donors (Lipinski definition) is 0. The van der Waals surface area contributed by atoms with E-state index in [1.54, 1.807) is 7.11 Å². The van der Waals surface area contributed by atoms with E-state index in [0.717, 1.165) is 59.7 Å². The molecule has 4 aromatic rings. The number of ether oxygens (including phenoxy) is 3. The molecule has 0 N–H and O–H groups in total. The molecule has 0 aliphatic carbocycles. The molecular formula is C28H29ClN2O3. The van der Waals surface area contributed by atoms with E-state index in [4.69, 9.17) is 30.8 Å². The first-order valence-corrected chi connectivity index (χ1v) is 11.8. The van der Waals surface area contributed by atoms with Crippen molar-refractivity contribution in [1.29, 1.82) is 0 Å². The smallest absolute Gasteiger partial charge is 0.161 e. The van der Waals surface area contributed by atoms with Crippen LogP contribution < -0.4 is 14.2 Å². The van der Waals surface area contributed by atoms with Gasteiger partial charge in [0, 0.05) is 6.54 Å². The molecule has 0 fully saturated rings. The molecule has 0 saturated carbocycles. The molecule has 5 nitrogen and oxygen atoms in total. The van der Waals surface area contributed by atoms with Crippen LogP contribution in [0.5, 0.6) is 17.2 Å². The van der Waals surface area contributed by atoms with Gasteiger partial charge in [0.25, 0.3) is 0 Å². The van der Waals surface area contributed by atoms with Crippen molar-refractivity contribution in [3.05, 3.63) is 95.8 Å². The Morgan fingerprint density at radius 2 is 1.76 bits per heavy atom. The van der Waals surface area contributed by atoms with Gasteiger partial charge in [-0.1, -0.05) is 48.0 Å². The highest BCUT2D eigenvalue weighted by molar-refractivity contribution is 6.32. The zero-order chi connectivity index (χ0) is 23.8. The Morgan fingerprint density at radius 3 is 2.59 bits per heavy atom. The normalized spacial score (nSPS) is 10.9. The van der Waals surface area contributed by atoms with Crippen molar-refractivity contribution >= 4 is 22.6 Å². The predicted octanol–water partition coefficient (Wildman–Crippen LogP) is 6.87. The van der Waals surface area contributed by atoms with E-state index in [0.29, 0.717) is 24.0 Å². The second-order valence-corrected chi connectivity index (χ2v) is 8.33. The molecule has 1 heterocycles. The zero-order valence-electron chi connectivity index (χ0n) is 19.4. The van der Waals surface area contributed by atoms with E-state index in [1.807, 2.05) is 66.7 Å². The van der Waals surface area contributed by atoms with Gasteiger partial charge in [-0.05, 0) is 61.2 Å². The molecular weight excluding hydrogens is 448 g/mol. The first-order valence-electron chi connectivity index (χ1n) is 11.4. The predicted molar refractivity (Wildman–Crippen MR) is 137 cm³/mol. The minimum atomic E-state index is 0.350. The van der Waals surface area contributed by atoms with E-state index in [-0.39, 0.29) is 0 Å². The van der Waals surface area contributed by atoms with Crippen LogP contribution in [0.15, 0.2) is 79.4 Å². The quantitative estimate of drug-likeness (QED) is 0.165. The maximum atomic E-state index is 6.24. The van der Waals surface area contributed by atoms with Crippen LogP contribution in [0.1, 0.15) is 24.2 Å². The number of unbranched alkanes of at least 4 members (excludes halogenated alkanes) is 1. The first-order chi connectivity index (χ1) is 16.7. The van der Waals surface area contributed by atoms with Crippen molar-refractivity contribution in [3.63, 3.8) is 0 Å². The number of aromatic nitrogens is 2. The lowest BCUT2D eigenvalue weighted by molar-refractivity contribution is 0.278. The minimum Gasteiger partial charge on any atom is -0.493 e. The third-order valence-corrected chi connectivity index (χ3v) is 5.88. The van der Waals surface area contributed by atoms with Crippen molar-refractivity contribution < 1.29 is 14.2 Å². The van der Waals surface area contributed by atoms with Crippen LogP contribution in [-0.2, 0) is 19.6 Å². The average Bonchev–Trinajstić information content (AvgIpc) is 3.21. The zero-order valence-corrected chi connectivity index (χ0v) is 20.1. The van der Waals surface area contributed by atoms with Crippen molar-refractivity contribution in [3.8, 4) is 17.2 Å². The summed E-state index contributed by atoms with van der Waals surface area (Å²) in [6.45, 7) is 5.57. The third-order valence-electron chi connectivity index (χ3n) is 5.57. The summed E-state index contributed by atoms with van der Waals surface area (Å²) in [5.41, 5.74) is 3.21. The van der Waals surface area contributed by atoms with E-state index in [1.165, 1.54) is 0 Å². The standard InChI is InChI=1S/C28H29ClN2O3/c1-3-10-21-15-16-26(27(19-21)32-2)33-18-9-8-17-31-24-13-6-5-12-23(24)30-28(31)20-34-25-14-7-4-11-22(25)29/h3-7,11-16,19H,1,8-10,17-18,20H2,2H3. The second kappa shape index (κ2) is 11.6. The highest BCUT2D eigenvalue weighted by Crippen LogP contribution is 2.29. The number of halogens is 1. The maximum absolute atomic E-state index is 6.24. The summed E-state index contributed by atoms with van der Waals surface area (Å²) in [6, 6.07) is 21.6. The topological polar surface area (TPSA) is 45.5 Å². The van der Waals surface area contributed by atoms with Gasteiger partial charge in [-0.15, -0.1) is 6.58 Å². The largest absolute Gasteiger partial charge is 0.493 e. The number of rotatable bonds is 12. The molecule has 0 amide bonds. The fourth-order valence-electron chi connectivity index (χ4n) is 3.87. The van der Waals surface area contributed by atoms with Gasteiger partial charge in [0.05, 0.1) is 29.8 Å². The van der Waals surface area contributed by atoms with Gasteiger partial charge in [0.15, 0.2) is 11.5 Å². The summed E-state index contributed by atoms with van der Waals surface area (Å²) >= 11 is 6.24. The lowest BCUT2D eigenvalue weighted by Crippen LogP contribution is -2.09. The Bertz CT molecular complexity index is 1250. The highest BCUT2D eigenvalue weighted by Gasteiger charge is 2.12. The Hall–Kier alpha value is -3.44. The maximum Gasteiger partial charge on any atom is 0.161 e. The van der Waals surface area contributed by atoms with Crippen LogP contribution in [0.4, 0.5) is 0 Å². The van der Waals surface area contributed by atoms with E-state index in [2.05, 4.69) is 17.2 Å². The van der Waals surface area contributed by atoms with Crippen LogP contribution in [0.2, 0.25) is 5.02 Å². The molecule has 0 unspecified atom stereocenters. The van der Waals surface area contributed by atoms with Gasteiger partial charge < -0.3 is 18.8 Å². The average molecular weight is 477 g/mol. The van der Waals surface area contributed by atoms with Crippen molar-refractivity contribution in [2.24, 2.45) is 0 Å². The van der Waals surface area contributed by atoms with Crippen molar-refractivity contribution in [1.82, 2.24) is 9.55 Å². The van der Waals surface area contributed by atoms with E-state index in [9.17, 15) is 0 Å². The molecule has 176 valence electrons. The molecule has 3 aromatic carbocycles. The summed E-state index contributed by atoms with van der Waals surface area (Å²) in [7, 11) is 1.66. The minimum absolute atomic E-state index is 0.350. The highest BCUT2D eigenvalue weighted by atomic mass is 35.5. The molecule has 0 bridgehead atoms. The van der Waals surface area contributed by atoms with Gasteiger partial charge in [-0.3, -0.25) is 0 Å². The number of methoxy groups -OCH3 is 1. The van der Waals surface area contributed by atoms with Gasteiger partial charge in [0.1, 0.15) is 18.2 Å².